The van der Waals surface area contributed by atoms with E-state index in [0.717, 1.165) is 24.5 Å². The van der Waals surface area contributed by atoms with Crippen LogP contribution in [0.2, 0.25) is 0 Å². The van der Waals surface area contributed by atoms with Gasteiger partial charge in [0.1, 0.15) is 5.75 Å². The molecule has 0 aliphatic carbocycles. The Balaban J connectivity index is 1.83. The van der Waals surface area contributed by atoms with Gasteiger partial charge in [-0.1, -0.05) is 24.3 Å². The molecule has 1 heterocycles. The highest BCUT2D eigenvalue weighted by Gasteiger charge is 2.17. The number of phenolic OH excluding ortho intramolecular Hbond substituents is 1. The summed E-state index contributed by atoms with van der Waals surface area (Å²) in [5.74, 6) is -0.294. The fourth-order valence-electron chi connectivity index (χ4n) is 2.85. The molecule has 22 heavy (non-hydrogen) atoms. The number of para-hydroxylation sites is 3. The lowest BCUT2D eigenvalue weighted by atomic mass is 10.1. The van der Waals surface area contributed by atoms with Crippen LogP contribution >= 0.6 is 0 Å². The Morgan fingerprint density at radius 1 is 0.955 bits per heavy atom. The highest BCUT2D eigenvalue weighted by atomic mass is 16.3. The molecule has 1 aliphatic heterocycles. The van der Waals surface area contributed by atoms with Crippen molar-refractivity contribution in [2.45, 2.75) is 19.3 Å². The molecule has 4 nitrogen and oxygen atoms in total. The number of phenols is 1. The number of amides is 1. The summed E-state index contributed by atoms with van der Waals surface area (Å²) >= 11 is 0. The van der Waals surface area contributed by atoms with E-state index in [-0.39, 0.29) is 17.2 Å². The molecule has 0 atom stereocenters. The van der Waals surface area contributed by atoms with E-state index in [1.165, 1.54) is 25.3 Å². The van der Waals surface area contributed by atoms with Crippen molar-refractivity contribution < 1.29 is 9.90 Å². The Kier molecular flexibility index (Phi) is 4.28. The van der Waals surface area contributed by atoms with Crippen LogP contribution in [0.1, 0.15) is 29.6 Å². The van der Waals surface area contributed by atoms with Crippen LogP contribution in [0.5, 0.6) is 5.75 Å². The Labute approximate surface area is 130 Å². The lowest BCUT2D eigenvalue weighted by molar-refractivity contribution is 0.102. The van der Waals surface area contributed by atoms with Gasteiger partial charge in [-0.3, -0.25) is 4.79 Å². The van der Waals surface area contributed by atoms with Gasteiger partial charge in [0.2, 0.25) is 0 Å². The van der Waals surface area contributed by atoms with Crippen LogP contribution in [-0.2, 0) is 0 Å². The van der Waals surface area contributed by atoms with Crippen molar-refractivity contribution >= 4 is 17.3 Å². The lowest BCUT2D eigenvalue weighted by Gasteiger charge is -2.30. The lowest BCUT2D eigenvalue weighted by Crippen LogP contribution is -2.30. The van der Waals surface area contributed by atoms with Crippen LogP contribution in [0.3, 0.4) is 0 Å². The predicted molar refractivity (Wildman–Crippen MR) is 88.6 cm³/mol. The number of nitrogens with zero attached hydrogens (tertiary/aromatic N) is 1. The number of anilines is 2. The van der Waals surface area contributed by atoms with Crippen LogP contribution < -0.4 is 10.2 Å². The van der Waals surface area contributed by atoms with Gasteiger partial charge < -0.3 is 15.3 Å². The Morgan fingerprint density at radius 3 is 2.41 bits per heavy atom. The van der Waals surface area contributed by atoms with E-state index in [0.29, 0.717) is 0 Å². The van der Waals surface area contributed by atoms with Crippen molar-refractivity contribution in [3.63, 3.8) is 0 Å². The van der Waals surface area contributed by atoms with Crippen molar-refractivity contribution in [2.24, 2.45) is 0 Å². The molecule has 0 radical (unpaired) electrons. The van der Waals surface area contributed by atoms with E-state index in [1.54, 1.807) is 18.2 Å². The van der Waals surface area contributed by atoms with Gasteiger partial charge in [-0.05, 0) is 43.5 Å². The van der Waals surface area contributed by atoms with Crippen LogP contribution in [0.15, 0.2) is 48.5 Å². The molecule has 0 saturated carbocycles. The van der Waals surface area contributed by atoms with Crippen molar-refractivity contribution in [3.8, 4) is 5.75 Å². The van der Waals surface area contributed by atoms with Gasteiger partial charge in [-0.15, -0.1) is 0 Å². The third-order valence-electron chi connectivity index (χ3n) is 4.00. The van der Waals surface area contributed by atoms with Crippen molar-refractivity contribution in [1.29, 1.82) is 0 Å². The van der Waals surface area contributed by atoms with Crippen molar-refractivity contribution in [2.75, 3.05) is 23.3 Å². The summed E-state index contributed by atoms with van der Waals surface area (Å²) in [4.78, 5) is 14.7. The van der Waals surface area contributed by atoms with Crippen molar-refractivity contribution in [3.05, 3.63) is 54.1 Å². The molecule has 0 bridgehead atoms. The number of carbonyl (C=O) groups is 1. The smallest absolute Gasteiger partial charge is 0.259 e. The second-order valence-corrected chi connectivity index (χ2v) is 5.54. The molecule has 0 unspecified atom stereocenters. The largest absolute Gasteiger partial charge is 0.507 e. The maximum Gasteiger partial charge on any atom is 0.259 e. The first-order valence-corrected chi connectivity index (χ1v) is 7.69. The summed E-state index contributed by atoms with van der Waals surface area (Å²) < 4.78 is 0. The minimum atomic E-state index is -0.289. The first-order chi connectivity index (χ1) is 10.8. The molecule has 1 fully saturated rings. The van der Waals surface area contributed by atoms with Crippen LogP contribution in [0.4, 0.5) is 11.4 Å². The van der Waals surface area contributed by atoms with E-state index >= 15 is 0 Å². The average Bonchev–Trinajstić information content (AvgIpc) is 2.56. The molecule has 2 aromatic carbocycles. The van der Waals surface area contributed by atoms with E-state index < -0.39 is 0 Å². The zero-order valence-corrected chi connectivity index (χ0v) is 12.5. The first kappa shape index (κ1) is 14.4. The summed E-state index contributed by atoms with van der Waals surface area (Å²) in [6, 6.07) is 14.4. The fourth-order valence-corrected chi connectivity index (χ4v) is 2.85. The molecule has 1 saturated heterocycles. The minimum absolute atomic E-state index is 0.00421. The standard InChI is InChI=1S/C18H20N2O2/c21-17-11-5-2-8-14(17)18(22)19-15-9-3-4-10-16(15)20-12-6-1-7-13-20/h2-5,8-11,21H,1,6-7,12-13H2,(H,19,22). The Hall–Kier alpha value is -2.49. The molecule has 1 amide bonds. The van der Waals surface area contributed by atoms with Crippen molar-refractivity contribution in [1.82, 2.24) is 0 Å². The third kappa shape index (κ3) is 3.06. The minimum Gasteiger partial charge on any atom is -0.507 e. The van der Waals surface area contributed by atoms with Gasteiger partial charge in [-0.2, -0.15) is 0 Å². The topological polar surface area (TPSA) is 52.6 Å². The van der Waals surface area contributed by atoms with Gasteiger partial charge in [0.05, 0.1) is 16.9 Å². The second-order valence-electron chi connectivity index (χ2n) is 5.54. The molecular weight excluding hydrogens is 276 g/mol. The number of nitrogens with one attached hydrogen (secondary N) is 1. The van der Waals surface area contributed by atoms with Gasteiger partial charge >= 0.3 is 0 Å². The molecule has 114 valence electrons. The average molecular weight is 296 g/mol. The number of rotatable bonds is 3. The summed E-state index contributed by atoms with van der Waals surface area (Å²) in [5, 5.41) is 12.7. The molecule has 0 aromatic heterocycles. The van der Waals surface area contributed by atoms with E-state index in [9.17, 15) is 9.90 Å². The highest BCUT2D eigenvalue weighted by Crippen LogP contribution is 2.29. The highest BCUT2D eigenvalue weighted by molar-refractivity contribution is 6.07. The monoisotopic (exact) mass is 296 g/mol. The molecule has 1 aliphatic rings. The number of carbonyl (C=O) groups excluding carboxylic acids is 1. The number of hydrogen-bond donors (Lipinski definition) is 2. The number of piperidine rings is 1. The summed E-state index contributed by atoms with van der Waals surface area (Å²) in [6.45, 7) is 2.03. The Morgan fingerprint density at radius 2 is 1.64 bits per heavy atom. The van der Waals surface area contributed by atoms with E-state index in [1.807, 2.05) is 24.3 Å². The number of hydrogen-bond acceptors (Lipinski definition) is 3. The first-order valence-electron chi connectivity index (χ1n) is 7.69. The van der Waals surface area contributed by atoms with Gasteiger partial charge in [0.25, 0.3) is 5.91 Å². The SMILES string of the molecule is O=C(Nc1ccccc1N1CCCCC1)c1ccccc1O. The molecule has 0 spiro atoms. The molecule has 2 N–H and O–H groups in total. The van der Waals surface area contributed by atoms with Crippen LogP contribution in [0, 0.1) is 0 Å². The van der Waals surface area contributed by atoms with E-state index in [2.05, 4.69) is 10.2 Å². The molecule has 3 rings (SSSR count). The maximum atomic E-state index is 12.4. The number of aromatic hydroxyl groups is 1. The normalized spacial score (nSPS) is 14.6. The zero-order valence-electron chi connectivity index (χ0n) is 12.5. The van der Waals surface area contributed by atoms with Gasteiger partial charge in [0, 0.05) is 13.1 Å². The third-order valence-corrected chi connectivity index (χ3v) is 4.00. The number of benzene rings is 2. The molecular formula is C18H20N2O2. The summed E-state index contributed by atoms with van der Waals surface area (Å²) in [6.07, 6.45) is 3.63. The Bertz CT molecular complexity index is 664. The molecule has 2 aromatic rings. The maximum absolute atomic E-state index is 12.4. The van der Waals surface area contributed by atoms with Crippen LogP contribution in [0.25, 0.3) is 0 Å². The summed E-state index contributed by atoms with van der Waals surface area (Å²) in [5.41, 5.74) is 2.12. The summed E-state index contributed by atoms with van der Waals surface area (Å²) in [7, 11) is 0. The quantitative estimate of drug-likeness (QED) is 0.909. The zero-order chi connectivity index (χ0) is 15.4. The van der Waals surface area contributed by atoms with Gasteiger partial charge in [-0.25, -0.2) is 0 Å². The second kappa shape index (κ2) is 6.52. The van der Waals surface area contributed by atoms with Crippen LogP contribution in [-0.4, -0.2) is 24.1 Å². The van der Waals surface area contributed by atoms with E-state index in [4.69, 9.17) is 0 Å². The van der Waals surface area contributed by atoms with Gasteiger partial charge in [0.15, 0.2) is 0 Å². The fraction of sp³-hybridized carbons (Fsp3) is 0.278. The molecule has 4 heteroatoms. The predicted octanol–water partition coefficient (Wildman–Crippen LogP) is 3.63.